The number of halogens is 1. The monoisotopic (exact) mass is 347 g/mol. The maximum atomic E-state index is 13.5. The van der Waals surface area contributed by atoms with E-state index in [2.05, 4.69) is 15.1 Å². The summed E-state index contributed by atoms with van der Waals surface area (Å²) in [7, 11) is 1.56. The summed E-state index contributed by atoms with van der Waals surface area (Å²) < 4.78 is 24.1. The van der Waals surface area contributed by atoms with Crippen molar-refractivity contribution in [2.45, 2.75) is 25.7 Å². The van der Waals surface area contributed by atoms with E-state index in [1.54, 1.807) is 25.3 Å². The number of β-amino-alcohol motifs (C(OH)–C–C–N with tert-alkyl or cyclic N) is 1. The third-order valence-electron chi connectivity index (χ3n) is 4.20. The van der Waals surface area contributed by atoms with Gasteiger partial charge < -0.3 is 14.6 Å². The topological polar surface area (TPSA) is 67.7 Å². The van der Waals surface area contributed by atoms with Gasteiger partial charge in [0.1, 0.15) is 5.82 Å². The Morgan fingerprint density at radius 1 is 1.32 bits per heavy atom. The van der Waals surface area contributed by atoms with Gasteiger partial charge in [0, 0.05) is 37.7 Å². The van der Waals surface area contributed by atoms with Gasteiger partial charge in [0.05, 0.1) is 32.1 Å². The van der Waals surface area contributed by atoms with E-state index in [4.69, 9.17) is 9.47 Å². The van der Waals surface area contributed by atoms with Crippen LogP contribution in [-0.4, -0.2) is 53.1 Å². The normalized spacial score (nSPS) is 15.6. The lowest BCUT2D eigenvalue weighted by Crippen LogP contribution is -2.38. The van der Waals surface area contributed by atoms with E-state index in [1.165, 1.54) is 6.07 Å². The molecule has 1 atom stereocenters. The van der Waals surface area contributed by atoms with Crippen LogP contribution in [0.25, 0.3) is 0 Å². The molecule has 0 radical (unpaired) electrons. The van der Waals surface area contributed by atoms with Crippen molar-refractivity contribution in [1.29, 1.82) is 0 Å². The molecule has 6 nitrogen and oxygen atoms in total. The van der Waals surface area contributed by atoms with Crippen LogP contribution in [0.4, 0.5) is 4.39 Å². The first-order chi connectivity index (χ1) is 12.2. The highest BCUT2D eigenvalue weighted by atomic mass is 19.1. The Morgan fingerprint density at radius 2 is 2.16 bits per heavy atom. The van der Waals surface area contributed by atoms with Crippen molar-refractivity contribution in [3.63, 3.8) is 0 Å². The van der Waals surface area contributed by atoms with Crippen molar-refractivity contribution in [3.05, 3.63) is 53.0 Å². The third-order valence-corrected chi connectivity index (χ3v) is 4.20. The molecule has 0 fully saturated rings. The Kier molecular flexibility index (Phi) is 5.91. The van der Waals surface area contributed by atoms with Crippen LogP contribution in [0.3, 0.4) is 0 Å². The summed E-state index contributed by atoms with van der Waals surface area (Å²) in [5, 5.41) is 18.3. The molecule has 1 aliphatic rings. The summed E-state index contributed by atoms with van der Waals surface area (Å²) in [6.07, 6.45) is 0.153. The van der Waals surface area contributed by atoms with Gasteiger partial charge in [0.25, 0.3) is 0 Å². The molecular formula is C18H22FN3O3. The van der Waals surface area contributed by atoms with Gasteiger partial charge in [-0.2, -0.15) is 5.10 Å². The average molecular weight is 347 g/mol. The zero-order chi connectivity index (χ0) is 17.6. The fraction of sp³-hybridized carbons (Fsp3) is 0.444. The Balaban J connectivity index is 1.47. The molecule has 0 saturated carbocycles. The molecule has 1 aromatic heterocycles. The van der Waals surface area contributed by atoms with Gasteiger partial charge in [-0.05, 0) is 11.6 Å². The van der Waals surface area contributed by atoms with E-state index in [9.17, 15) is 9.50 Å². The minimum Gasteiger partial charge on any atom is -0.480 e. The highest BCUT2D eigenvalue weighted by molar-refractivity contribution is 5.26. The van der Waals surface area contributed by atoms with Crippen molar-refractivity contribution in [2.24, 2.45) is 0 Å². The number of benzene rings is 1. The van der Waals surface area contributed by atoms with Crippen molar-refractivity contribution < 1.29 is 19.0 Å². The molecule has 3 rings (SSSR count). The van der Waals surface area contributed by atoms with E-state index in [0.717, 1.165) is 24.2 Å². The van der Waals surface area contributed by atoms with Crippen LogP contribution < -0.4 is 4.74 Å². The second kappa shape index (κ2) is 8.33. The van der Waals surface area contributed by atoms with Crippen LogP contribution in [0, 0.1) is 5.82 Å². The standard InChI is InChI=1S/C18H22FN3O3/c1-24-18-8-14-9-22(7-6-17(14)20-21-18)10-15(23)12-25-11-13-4-2-3-5-16(13)19/h2-5,8,15,23H,6-7,9-12H2,1H3. The zero-order valence-corrected chi connectivity index (χ0v) is 14.2. The average Bonchev–Trinajstić information content (AvgIpc) is 2.62. The highest BCUT2D eigenvalue weighted by Gasteiger charge is 2.21. The first kappa shape index (κ1) is 17.7. The molecule has 1 unspecified atom stereocenters. The smallest absolute Gasteiger partial charge is 0.233 e. The van der Waals surface area contributed by atoms with Gasteiger partial charge in [-0.1, -0.05) is 18.2 Å². The van der Waals surface area contributed by atoms with Crippen LogP contribution in [0.2, 0.25) is 0 Å². The van der Waals surface area contributed by atoms with Gasteiger partial charge in [-0.25, -0.2) is 4.39 Å². The van der Waals surface area contributed by atoms with Crippen molar-refractivity contribution >= 4 is 0 Å². The number of ether oxygens (including phenoxy) is 2. The summed E-state index contributed by atoms with van der Waals surface area (Å²) in [5.41, 5.74) is 2.53. The Labute approximate surface area is 146 Å². The zero-order valence-electron chi connectivity index (χ0n) is 14.2. The lowest BCUT2D eigenvalue weighted by atomic mass is 10.1. The molecule has 1 aromatic carbocycles. The number of aromatic nitrogens is 2. The third kappa shape index (κ3) is 4.72. The number of fused-ring (bicyclic) bond motifs is 1. The summed E-state index contributed by atoms with van der Waals surface area (Å²) >= 11 is 0. The van der Waals surface area contributed by atoms with E-state index in [1.807, 2.05) is 6.07 Å². The largest absolute Gasteiger partial charge is 0.480 e. The lowest BCUT2D eigenvalue weighted by molar-refractivity contribution is 0.00686. The minimum atomic E-state index is -0.634. The van der Waals surface area contributed by atoms with Crippen LogP contribution in [0.5, 0.6) is 5.88 Å². The lowest BCUT2D eigenvalue weighted by Gasteiger charge is -2.29. The Morgan fingerprint density at radius 3 is 2.96 bits per heavy atom. The number of hydrogen-bond donors (Lipinski definition) is 1. The fourth-order valence-corrected chi connectivity index (χ4v) is 2.89. The Hall–Kier alpha value is -2.09. The van der Waals surface area contributed by atoms with E-state index in [-0.39, 0.29) is 19.0 Å². The van der Waals surface area contributed by atoms with Crippen molar-refractivity contribution in [3.8, 4) is 5.88 Å². The molecule has 0 saturated heterocycles. The first-order valence-electron chi connectivity index (χ1n) is 8.26. The highest BCUT2D eigenvalue weighted by Crippen LogP contribution is 2.19. The maximum absolute atomic E-state index is 13.5. The summed E-state index contributed by atoms with van der Waals surface area (Å²) in [6, 6.07) is 8.37. The molecule has 134 valence electrons. The van der Waals surface area contributed by atoms with Crippen molar-refractivity contribution in [2.75, 3.05) is 26.8 Å². The molecule has 0 amide bonds. The van der Waals surface area contributed by atoms with E-state index < -0.39 is 6.10 Å². The summed E-state index contributed by atoms with van der Waals surface area (Å²) in [6.45, 7) is 2.29. The predicted molar refractivity (Wildman–Crippen MR) is 89.6 cm³/mol. The van der Waals surface area contributed by atoms with Crippen LogP contribution >= 0.6 is 0 Å². The van der Waals surface area contributed by atoms with E-state index in [0.29, 0.717) is 24.5 Å². The number of methoxy groups -OCH3 is 1. The molecule has 2 aromatic rings. The fourth-order valence-electron chi connectivity index (χ4n) is 2.89. The molecule has 2 heterocycles. The summed E-state index contributed by atoms with van der Waals surface area (Å²) in [4.78, 5) is 2.14. The molecule has 0 aliphatic carbocycles. The molecule has 0 bridgehead atoms. The predicted octanol–water partition coefficient (Wildman–Crippen LogP) is 1.56. The Bertz CT molecular complexity index is 714. The van der Waals surface area contributed by atoms with Gasteiger partial charge in [-0.3, -0.25) is 4.90 Å². The maximum Gasteiger partial charge on any atom is 0.233 e. The van der Waals surface area contributed by atoms with Gasteiger partial charge in [0.2, 0.25) is 5.88 Å². The van der Waals surface area contributed by atoms with Gasteiger partial charge >= 0.3 is 0 Å². The molecule has 1 N–H and O–H groups in total. The number of aliphatic hydroxyl groups excluding tert-OH is 1. The molecule has 0 spiro atoms. The number of hydrogen-bond acceptors (Lipinski definition) is 6. The van der Waals surface area contributed by atoms with Crippen LogP contribution in [-0.2, 0) is 24.3 Å². The van der Waals surface area contributed by atoms with Crippen LogP contribution in [0.1, 0.15) is 16.8 Å². The number of rotatable bonds is 7. The second-order valence-corrected chi connectivity index (χ2v) is 6.10. The SMILES string of the molecule is COc1cc2c(nn1)CCN(CC(O)COCc1ccccc1F)C2. The van der Waals surface area contributed by atoms with Gasteiger partial charge in [-0.15, -0.1) is 5.10 Å². The van der Waals surface area contributed by atoms with Crippen LogP contribution in [0.15, 0.2) is 30.3 Å². The second-order valence-electron chi connectivity index (χ2n) is 6.10. The quantitative estimate of drug-likeness (QED) is 0.820. The number of nitrogens with zero attached hydrogens (tertiary/aromatic N) is 3. The minimum absolute atomic E-state index is 0.152. The van der Waals surface area contributed by atoms with E-state index >= 15 is 0 Å². The first-order valence-corrected chi connectivity index (χ1v) is 8.26. The molecule has 1 aliphatic heterocycles. The molecule has 25 heavy (non-hydrogen) atoms. The molecular weight excluding hydrogens is 325 g/mol. The summed E-state index contributed by atoms with van der Waals surface area (Å²) in [5.74, 6) is 0.203. The van der Waals surface area contributed by atoms with Crippen molar-refractivity contribution in [1.82, 2.24) is 15.1 Å². The molecule has 7 heteroatoms. The number of aliphatic hydroxyl groups is 1. The van der Waals surface area contributed by atoms with Gasteiger partial charge in [0.15, 0.2) is 0 Å².